The first-order valence-electron chi connectivity index (χ1n) is 4.99. The minimum atomic E-state index is -1.00. The Labute approximate surface area is 94.3 Å². The Bertz CT molecular complexity index is 438. The molecule has 0 aliphatic heterocycles. The van der Waals surface area contributed by atoms with Crippen LogP contribution in [0.3, 0.4) is 0 Å². The first kappa shape index (κ1) is 12.4. The molecule has 0 spiro atoms. The largest absolute Gasteiger partial charge is 0.478 e. The van der Waals surface area contributed by atoms with Crippen molar-refractivity contribution >= 4 is 11.8 Å². The molecule has 1 rings (SSSR count). The zero-order valence-corrected chi connectivity index (χ0v) is 9.63. The van der Waals surface area contributed by atoms with Crippen LogP contribution in [0.1, 0.15) is 31.8 Å². The van der Waals surface area contributed by atoms with Crippen LogP contribution in [0, 0.1) is 13.8 Å². The number of aromatic carboxylic acids is 1. The molecule has 0 unspecified atom stereocenters. The summed E-state index contributed by atoms with van der Waals surface area (Å²) < 4.78 is 0. The number of aryl methyl sites for hydroxylation is 2. The molecule has 0 fully saturated rings. The van der Waals surface area contributed by atoms with Gasteiger partial charge in [-0.25, -0.2) is 4.79 Å². The number of benzene rings is 1. The average Bonchev–Trinajstić information content (AvgIpc) is 2.17. The molecule has 0 aliphatic rings. The summed E-state index contributed by atoms with van der Waals surface area (Å²) in [5, 5.41) is 11.7. The zero-order valence-electron chi connectivity index (χ0n) is 9.63. The highest BCUT2D eigenvalue weighted by Gasteiger charge is 2.14. The summed E-state index contributed by atoms with van der Waals surface area (Å²) in [6, 6.07) is 3.18. The van der Waals surface area contributed by atoms with E-state index in [9.17, 15) is 9.59 Å². The zero-order chi connectivity index (χ0) is 12.3. The topological polar surface area (TPSA) is 66.4 Å². The molecule has 2 N–H and O–H groups in total. The number of nitrogens with one attached hydrogen (secondary N) is 1. The highest BCUT2D eigenvalue weighted by Crippen LogP contribution is 2.16. The van der Waals surface area contributed by atoms with Gasteiger partial charge < -0.3 is 10.4 Å². The fraction of sp³-hybridized carbons (Fsp3) is 0.333. The van der Waals surface area contributed by atoms with Crippen molar-refractivity contribution in [1.29, 1.82) is 0 Å². The summed E-state index contributed by atoms with van der Waals surface area (Å²) in [6.07, 6.45) is 0. The van der Waals surface area contributed by atoms with E-state index in [0.717, 1.165) is 5.56 Å². The Kier molecular flexibility index (Phi) is 3.79. The van der Waals surface area contributed by atoms with Crippen molar-refractivity contribution in [3.8, 4) is 0 Å². The maximum atomic E-state index is 11.7. The molecule has 0 saturated carbocycles. The summed E-state index contributed by atoms with van der Waals surface area (Å²) in [5.74, 6) is -1.10. The average molecular weight is 221 g/mol. The normalized spacial score (nSPS) is 10.2. The summed E-state index contributed by atoms with van der Waals surface area (Å²) in [5.41, 5.74) is 2.14. The fourth-order valence-corrected chi connectivity index (χ4v) is 1.64. The molecule has 0 saturated heterocycles. The molecule has 4 heteroatoms. The van der Waals surface area contributed by atoms with Gasteiger partial charge in [0.1, 0.15) is 0 Å². The van der Waals surface area contributed by atoms with Crippen molar-refractivity contribution in [1.82, 2.24) is 5.32 Å². The van der Waals surface area contributed by atoms with Gasteiger partial charge in [0.2, 0.25) is 0 Å². The third-order valence-electron chi connectivity index (χ3n) is 2.44. The lowest BCUT2D eigenvalue weighted by molar-refractivity contribution is 0.0696. The molecule has 0 heterocycles. The van der Waals surface area contributed by atoms with Gasteiger partial charge in [-0.3, -0.25) is 4.79 Å². The van der Waals surface area contributed by atoms with E-state index in [1.54, 1.807) is 20.0 Å². The lowest BCUT2D eigenvalue weighted by atomic mass is 9.97. The number of likely N-dealkylation sites (N-methyl/N-ethyl adjacent to an activating group) is 1. The smallest absolute Gasteiger partial charge is 0.335 e. The number of rotatable bonds is 4. The van der Waals surface area contributed by atoms with Gasteiger partial charge in [0.15, 0.2) is 5.78 Å². The Morgan fingerprint density at radius 2 is 1.75 bits per heavy atom. The van der Waals surface area contributed by atoms with E-state index in [4.69, 9.17) is 5.11 Å². The Balaban J connectivity index is 3.24. The number of hydrogen-bond donors (Lipinski definition) is 2. The summed E-state index contributed by atoms with van der Waals surface area (Å²) in [6.45, 7) is 3.74. The fourth-order valence-electron chi connectivity index (χ4n) is 1.64. The van der Waals surface area contributed by atoms with E-state index in [-0.39, 0.29) is 17.9 Å². The first-order chi connectivity index (χ1) is 7.47. The highest BCUT2D eigenvalue weighted by atomic mass is 16.4. The molecule has 1 aromatic rings. The third kappa shape index (κ3) is 2.46. The molecule has 4 nitrogen and oxygen atoms in total. The highest BCUT2D eigenvalue weighted by molar-refractivity contribution is 6.01. The van der Waals surface area contributed by atoms with Gasteiger partial charge in [-0.2, -0.15) is 0 Å². The van der Waals surface area contributed by atoms with E-state index in [1.165, 1.54) is 6.07 Å². The summed E-state index contributed by atoms with van der Waals surface area (Å²) >= 11 is 0. The number of Topliss-reactive ketones (excluding diaryl/α,β-unsaturated/α-hetero) is 1. The Morgan fingerprint density at radius 3 is 2.25 bits per heavy atom. The SMILES string of the molecule is CNCC(=O)c1cc(C(=O)O)c(C)cc1C. The van der Waals surface area contributed by atoms with Crippen LogP contribution in [0.25, 0.3) is 0 Å². The monoisotopic (exact) mass is 221 g/mol. The van der Waals surface area contributed by atoms with E-state index in [2.05, 4.69) is 5.32 Å². The van der Waals surface area contributed by atoms with Crippen LogP contribution < -0.4 is 5.32 Å². The molecule has 0 bridgehead atoms. The minimum Gasteiger partial charge on any atom is -0.478 e. The number of hydrogen-bond acceptors (Lipinski definition) is 3. The summed E-state index contributed by atoms with van der Waals surface area (Å²) in [4.78, 5) is 22.6. The van der Waals surface area contributed by atoms with Crippen LogP contribution in [0.5, 0.6) is 0 Å². The standard InChI is InChI=1S/C12H15NO3/c1-7-4-8(2)10(12(15)16)5-9(7)11(14)6-13-3/h4-5,13H,6H2,1-3H3,(H,15,16). The Morgan fingerprint density at radius 1 is 1.19 bits per heavy atom. The number of carbonyl (C=O) groups is 2. The molecule has 0 amide bonds. The quantitative estimate of drug-likeness (QED) is 0.754. The molecule has 0 aliphatic carbocycles. The number of ketones is 1. The van der Waals surface area contributed by atoms with Crippen molar-refractivity contribution in [3.63, 3.8) is 0 Å². The maximum Gasteiger partial charge on any atom is 0.335 e. The van der Waals surface area contributed by atoms with E-state index >= 15 is 0 Å². The van der Waals surface area contributed by atoms with E-state index in [0.29, 0.717) is 11.1 Å². The minimum absolute atomic E-state index is 0.0949. The summed E-state index contributed by atoms with van der Waals surface area (Å²) in [7, 11) is 1.68. The van der Waals surface area contributed by atoms with Gasteiger partial charge in [0.25, 0.3) is 0 Å². The van der Waals surface area contributed by atoms with Crippen molar-refractivity contribution in [2.45, 2.75) is 13.8 Å². The van der Waals surface area contributed by atoms with E-state index in [1.807, 2.05) is 6.92 Å². The van der Waals surface area contributed by atoms with Crippen LogP contribution in [-0.2, 0) is 0 Å². The predicted octanol–water partition coefficient (Wildman–Crippen LogP) is 1.40. The molecule has 0 atom stereocenters. The number of carboxylic acid groups (broad SMARTS) is 1. The second kappa shape index (κ2) is 4.90. The van der Waals surface area contributed by atoms with Gasteiger partial charge in [-0.1, -0.05) is 6.07 Å². The van der Waals surface area contributed by atoms with Crippen LogP contribution in [-0.4, -0.2) is 30.5 Å². The molecule has 86 valence electrons. The van der Waals surface area contributed by atoms with Gasteiger partial charge in [-0.15, -0.1) is 0 Å². The third-order valence-corrected chi connectivity index (χ3v) is 2.44. The van der Waals surface area contributed by atoms with Crippen molar-refractivity contribution in [2.24, 2.45) is 0 Å². The van der Waals surface area contributed by atoms with Crippen LogP contribution >= 0.6 is 0 Å². The van der Waals surface area contributed by atoms with Crippen molar-refractivity contribution in [3.05, 3.63) is 34.4 Å². The van der Waals surface area contributed by atoms with Gasteiger partial charge in [0.05, 0.1) is 12.1 Å². The van der Waals surface area contributed by atoms with Gasteiger partial charge in [-0.05, 0) is 38.1 Å². The van der Waals surface area contributed by atoms with Crippen LogP contribution in [0.2, 0.25) is 0 Å². The van der Waals surface area contributed by atoms with Gasteiger partial charge in [0, 0.05) is 5.56 Å². The number of carboxylic acids is 1. The second-order valence-electron chi connectivity index (χ2n) is 3.74. The van der Waals surface area contributed by atoms with E-state index < -0.39 is 5.97 Å². The maximum absolute atomic E-state index is 11.7. The lowest BCUT2D eigenvalue weighted by Crippen LogP contribution is -2.20. The van der Waals surface area contributed by atoms with Crippen molar-refractivity contribution in [2.75, 3.05) is 13.6 Å². The molecular formula is C12H15NO3. The first-order valence-corrected chi connectivity index (χ1v) is 4.99. The number of carbonyl (C=O) groups excluding carboxylic acids is 1. The molecule has 0 aromatic heterocycles. The predicted molar refractivity (Wildman–Crippen MR) is 61.1 cm³/mol. The Hall–Kier alpha value is -1.68. The molecule has 1 aromatic carbocycles. The van der Waals surface area contributed by atoms with Crippen LogP contribution in [0.4, 0.5) is 0 Å². The second-order valence-corrected chi connectivity index (χ2v) is 3.74. The van der Waals surface area contributed by atoms with Crippen molar-refractivity contribution < 1.29 is 14.7 Å². The van der Waals surface area contributed by atoms with Gasteiger partial charge >= 0.3 is 5.97 Å². The molecular weight excluding hydrogens is 206 g/mol. The molecule has 0 radical (unpaired) electrons. The lowest BCUT2D eigenvalue weighted by Gasteiger charge is -2.08. The van der Waals surface area contributed by atoms with Crippen LogP contribution in [0.15, 0.2) is 12.1 Å². The molecule has 16 heavy (non-hydrogen) atoms.